The molecule has 1 aromatic rings. The van der Waals surface area contributed by atoms with Crippen molar-refractivity contribution in [2.24, 2.45) is 5.73 Å². The van der Waals surface area contributed by atoms with E-state index in [4.69, 9.17) is 15.6 Å². The predicted octanol–water partition coefficient (Wildman–Crippen LogP) is 1.64. The third kappa shape index (κ3) is 4.70. The highest BCUT2D eigenvalue weighted by Crippen LogP contribution is 2.26. The molecule has 2 atom stereocenters. The number of alkyl halides is 2. The quantitative estimate of drug-likeness (QED) is 0.763. The molecule has 20 heavy (non-hydrogen) atoms. The number of hydrogen-bond donors (Lipinski definition) is 2. The third-order valence-electron chi connectivity index (χ3n) is 3.11. The number of hydrogen-bond acceptors (Lipinski definition) is 4. The van der Waals surface area contributed by atoms with Crippen molar-refractivity contribution in [1.29, 1.82) is 0 Å². The van der Waals surface area contributed by atoms with E-state index in [1.165, 1.54) is 4.90 Å². The van der Waals surface area contributed by atoms with Crippen molar-refractivity contribution >= 4 is 0 Å². The number of halogens is 2. The van der Waals surface area contributed by atoms with Crippen LogP contribution in [0.4, 0.5) is 8.78 Å². The number of ether oxygens (including phenoxy) is 1. The summed E-state index contributed by atoms with van der Waals surface area (Å²) in [5, 5.41) is 9.06. The number of rotatable bonds is 8. The molecule has 3 N–H and O–H groups in total. The third-order valence-corrected chi connectivity index (χ3v) is 3.11. The van der Waals surface area contributed by atoms with Gasteiger partial charge in [0.15, 0.2) is 0 Å². The van der Waals surface area contributed by atoms with Crippen LogP contribution in [0, 0.1) is 0 Å². The van der Waals surface area contributed by atoms with Crippen molar-refractivity contribution < 1.29 is 18.6 Å². The van der Waals surface area contributed by atoms with Crippen molar-refractivity contribution in [3.8, 4) is 5.75 Å². The lowest BCUT2D eigenvalue weighted by atomic mass is 9.99. The van der Waals surface area contributed by atoms with E-state index in [0.717, 1.165) is 5.56 Å². The number of methoxy groups -OCH3 is 1. The molecule has 0 heterocycles. The smallest absolute Gasteiger partial charge is 0.251 e. The summed E-state index contributed by atoms with van der Waals surface area (Å²) in [5.41, 5.74) is 6.78. The Balaban J connectivity index is 2.99. The standard InChI is InChI=1S/C14H22F2N2O2/c1-10(17)14(18(7-8-19)9-13(15)16)11-3-5-12(20-2)6-4-11/h3-6,10,13-14,19H,7-9,17H2,1-2H3. The monoisotopic (exact) mass is 288 g/mol. The number of aliphatic hydroxyl groups is 1. The van der Waals surface area contributed by atoms with E-state index in [1.807, 2.05) is 12.1 Å². The van der Waals surface area contributed by atoms with Crippen LogP contribution in [-0.4, -0.2) is 49.3 Å². The SMILES string of the molecule is COc1ccc(C(C(C)N)N(CCO)CC(F)F)cc1. The molecule has 0 saturated carbocycles. The second-order valence-electron chi connectivity index (χ2n) is 4.69. The highest BCUT2D eigenvalue weighted by Gasteiger charge is 2.26. The fourth-order valence-corrected chi connectivity index (χ4v) is 2.30. The summed E-state index contributed by atoms with van der Waals surface area (Å²) in [6, 6.07) is 6.44. The van der Waals surface area contributed by atoms with Crippen molar-refractivity contribution in [1.82, 2.24) is 4.90 Å². The Morgan fingerprint density at radius 1 is 1.30 bits per heavy atom. The normalized spacial score (nSPS) is 14.6. The lowest BCUT2D eigenvalue weighted by Gasteiger charge is -2.34. The van der Waals surface area contributed by atoms with Crippen LogP contribution >= 0.6 is 0 Å². The second kappa shape index (κ2) is 8.14. The number of nitrogens with two attached hydrogens (primary N) is 1. The van der Waals surface area contributed by atoms with Crippen molar-refractivity contribution in [2.75, 3.05) is 26.8 Å². The maximum absolute atomic E-state index is 12.7. The molecule has 0 spiro atoms. The first-order valence-corrected chi connectivity index (χ1v) is 6.52. The van der Waals surface area contributed by atoms with E-state index in [-0.39, 0.29) is 25.2 Å². The first-order chi connectivity index (χ1) is 9.49. The Morgan fingerprint density at radius 3 is 2.30 bits per heavy atom. The van der Waals surface area contributed by atoms with Gasteiger partial charge in [-0.3, -0.25) is 4.90 Å². The van der Waals surface area contributed by atoms with E-state index >= 15 is 0 Å². The van der Waals surface area contributed by atoms with Crippen LogP contribution in [0.2, 0.25) is 0 Å². The van der Waals surface area contributed by atoms with Gasteiger partial charge in [-0.05, 0) is 24.6 Å². The summed E-state index contributed by atoms with van der Waals surface area (Å²) in [4.78, 5) is 1.51. The van der Waals surface area contributed by atoms with Crippen LogP contribution in [0.5, 0.6) is 5.75 Å². The molecule has 0 bridgehead atoms. The Bertz CT molecular complexity index is 385. The van der Waals surface area contributed by atoms with Crippen LogP contribution in [0.1, 0.15) is 18.5 Å². The molecule has 2 unspecified atom stereocenters. The van der Waals surface area contributed by atoms with Crippen LogP contribution in [0.25, 0.3) is 0 Å². The lowest BCUT2D eigenvalue weighted by molar-refractivity contribution is 0.0487. The van der Waals surface area contributed by atoms with Gasteiger partial charge >= 0.3 is 0 Å². The van der Waals surface area contributed by atoms with Crippen molar-refractivity contribution in [3.63, 3.8) is 0 Å². The highest BCUT2D eigenvalue weighted by molar-refractivity contribution is 5.30. The average molecular weight is 288 g/mol. The zero-order valence-electron chi connectivity index (χ0n) is 11.8. The molecule has 4 nitrogen and oxygen atoms in total. The summed E-state index contributed by atoms with van der Waals surface area (Å²) in [6.45, 7) is 1.32. The zero-order valence-corrected chi connectivity index (χ0v) is 11.8. The minimum absolute atomic E-state index is 0.155. The van der Waals surface area contributed by atoms with Gasteiger partial charge in [-0.25, -0.2) is 8.78 Å². The van der Waals surface area contributed by atoms with Crippen molar-refractivity contribution in [3.05, 3.63) is 29.8 Å². The molecule has 1 aromatic carbocycles. The molecule has 6 heteroatoms. The molecular formula is C14H22F2N2O2. The lowest BCUT2D eigenvalue weighted by Crippen LogP contribution is -2.43. The van der Waals surface area contributed by atoms with Gasteiger partial charge in [0, 0.05) is 18.6 Å². The highest BCUT2D eigenvalue weighted by atomic mass is 19.3. The minimum Gasteiger partial charge on any atom is -0.497 e. The fourth-order valence-electron chi connectivity index (χ4n) is 2.30. The summed E-state index contributed by atoms with van der Waals surface area (Å²) in [5.74, 6) is 0.694. The topological polar surface area (TPSA) is 58.7 Å². The summed E-state index contributed by atoms with van der Waals surface area (Å²) in [7, 11) is 1.56. The number of benzene rings is 1. The van der Waals surface area contributed by atoms with E-state index in [9.17, 15) is 8.78 Å². The van der Waals surface area contributed by atoms with Gasteiger partial charge in [0.1, 0.15) is 5.75 Å². The molecule has 0 aliphatic rings. The summed E-state index contributed by atoms with van der Waals surface area (Å²) >= 11 is 0. The fraction of sp³-hybridized carbons (Fsp3) is 0.571. The maximum Gasteiger partial charge on any atom is 0.251 e. The molecule has 0 aliphatic heterocycles. The largest absolute Gasteiger partial charge is 0.497 e. The van der Waals surface area contributed by atoms with Crippen LogP contribution < -0.4 is 10.5 Å². The van der Waals surface area contributed by atoms with Crippen LogP contribution in [0.15, 0.2) is 24.3 Å². The molecule has 0 amide bonds. The molecule has 1 rings (SSSR count). The minimum atomic E-state index is -2.47. The van der Waals surface area contributed by atoms with Crippen LogP contribution in [-0.2, 0) is 0 Å². The van der Waals surface area contributed by atoms with Gasteiger partial charge in [0.2, 0.25) is 0 Å². The van der Waals surface area contributed by atoms with Gasteiger partial charge in [-0.2, -0.15) is 0 Å². The summed E-state index contributed by atoms with van der Waals surface area (Å²) in [6.07, 6.45) is -2.47. The molecule has 0 fully saturated rings. The van der Waals surface area contributed by atoms with E-state index in [2.05, 4.69) is 0 Å². The summed E-state index contributed by atoms with van der Waals surface area (Å²) < 4.78 is 30.4. The average Bonchev–Trinajstić information content (AvgIpc) is 2.39. The van der Waals surface area contributed by atoms with Gasteiger partial charge in [0.25, 0.3) is 6.43 Å². The number of aliphatic hydroxyl groups excluding tert-OH is 1. The predicted molar refractivity (Wildman–Crippen MR) is 74.0 cm³/mol. The van der Waals surface area contributed by atoms with Gasteiger partial charge < -0.3 is 15.6 Å². The van der Waals surface area contributed by atoms with E-state index in [1.54, 1.807) is 26.2 Å². The van der Waals surface area contributed by atoms with E-state index < -0.39 is 13.0 Å². The molecule has 0 aliphatic carbocycles. The Hall–Kier alpha value is -1.24. The van der Waals surface area contributed by atoms with Crippen molar-refractivity contribution in [2.45, 2.75) is 25.4 Å². The number of nitrogens with zero attached hydrogens (tertiary/aromatic N) is 1. The zero-order chi connectivity index (χ0) is 15.1. The Kier molecular flexibility index (Phi) is 6.84. The maximum atomic E-state index is 12.7. The first-order valence-electron chi connectivity index (χ1n) is 6.52. The van der Waals surface area contributed by atoms with Crippen LogP contribution in [0.3, 0.4) is 0 Å². The van der Waals surface area contributed by atoms with Gasteiger partial charge in [0.05, 0.1) is 20.3 Å². The Morgan fingerprint density at radius 2 is 1.90 bits per heavy atom. The van der Waals surface area contributed by atoms with E-state index in [0.29, 0.717) is 5.75 Å². The first kappa shape index (κ1) is 16.8. The Labute approximate surface area is 118 Å². The van der Waals surface area contributed by atoms with Gasteiger partial charge in [-0.15, -0.1) is 0 Å². The van der Waals surface area contributed by atoms with Gasteiger partial charge in [-0.1, -0.05) is 12.1 Å². The molecule has 114 valence electrons. The molecule has 0 radical (unpaired) electrons. The molecule has 0 saturated heterocycles. The molecule has 0 aromatic heterocycles. The second-order valence-corrected chi connectivity index (χ2v) is 4.69. The molecular weight excluding hydrogens is 266 g/mol.